The third-order valence-corrected chi connectivity index (χ3v) is 2.56. The highest BCUT2D eigenvalue weighted by Crippen LogP contribution is 2.29. The van der Waals surface area contributed by atoms with Gasteiger partial charge in [0.2, 0.25) is 5.76 Å². The van der Waals surface area contributed by atoms with E-state index in [0.717, 1.165) is 11.1 Å². The van der Waals surface area contributed by atoms with E-state index in [2.05, 4.69) is 4.74 Å². The largest absolute Gasteiger partial charge is 0.463 e. The Morgan fingerprint density at radius 3 is 2.59 bits per heavy atom. The predicted octanol–water partition coefficient (Wildman–Crippen LogP) is 1.91. The number of hydrogen-bond donors (Lipinski definition) is 0. The maximum atomic E-state index is 11.5. The van der Waals surface area contributed by atoms with Crippen LogP contribution in [-0.4, -0.2) is 19.0 Å². The Labute approximate surface area is 98.8 Å². The van der Waals surface area contributed by atoms with Gasteiger partial charge in [0.25, 0.3) is 0 Å². The summed E-state index contributed by atoms with van der Waals surface area (Å²) < 4.78 is 9.59. The van der Waals surface area contributed by atoms with Crippen LogP contribution in [0, 0.1) is 0 Å². The van der Waals surface area contributed by atoms with Crippen molar-refractivity contribution in [2.24, 2.45) is 0 Å². The van der Waals surface area contributed by atoms with Gasteiger partial charge in [-0.2, -0.15) is 0 Å². The van der Waals surface area contributed by atoms with Gasteiger partial charge in [0.05, 0.1) is 13.5 Å². The molecule has 0 radical (unpaired) electrons. The Kier molecular flexibility index (Phi) is 3.23. The molecule has 0 saturated carbocycles. The van der Waals surface area contributed by atoms with Crippen LogP contribution in [0.15, 0.2) is 36.1 Å². The third-order valence-electron chi connectivity index (χ3n) is 2.56. The van der Waals surface area contributed by atoms with Gasteiger partial charge in [-0.05, 0) is 12.0 Å². The summed E-state index contributed by atoms with van der Waals surface area (Å²) in [6.45, 7) is 0. The van der Waals surface area contributed by atoms with Gasteiger partial charge in [-0.25, -0.2) is 4.79 Å². The van der Waals surface area contributed by atoms with Crippen molar-refractivity contribution in [3.63, 3.8) is 0 Å². The maximum absolute atomic E-state index is 11.5. The Balaban J connectivity index is 2.45. The van der Waals surface area contributed by atoms with E-state index in [4.69, 9.17) is 4.74 Å². The molecule has 2 rings (SSSR count). The molecule has 1 aromatic rings. The van der Waals surface area contributed by atoms with Crippen molar-refractivity contribution in [3.05, 3.63) is 41.7 Å². The molecule has 17 heavy (non-hydrogen) atoms. The number of carbonyl (C=O) groups is 2. The Hall–Kier alpha value is -2.10. The monoisotopic (exact) mass is 232 g/mol. The number of rotatable bonds is 2. The van der Waals surface area contributed by atoms with Gasteiger partial charge in [-0.3, -0.25) is 4.79 Å². The van der Waals surface area contributed by atoms with Crippen LogP contribution in [0.5, 0.6) is 0 Å². The number of hydrogen-bond acceptors (Lipinski definition) is 4. The molecule has 0 aromatic heterocycles. The summed E-state index contributed by atoms with van der Waals surface area (Å²) in [7, 11) is 1.26. The first kappa shape index (κ1) is 11.4. The van der Waals surface area contributed by atoms with Crippen LogP contribution in [0.25, 0.3) is 5.57 Å². The average molecular weight is 232 g/mol. The fourth-order valence-corrected chi connectivity index (χ4v) is 1.74. The van der Waals surface area contributed by atoms with E-state index in [-0.39, 0.29) is 12.2 Å². The Bertz CT molecular complexity index is 473. The highest BCUT2D eigenvalue weighted by Gasteiger charge is 2.27. The number of esters is 2. The third kappa shape index (κ3) is 2.36. The number of benzene rings is 1. The number of carbonyl (C=O) groups excluding carboxylic acids is 2. The van der Waals surface area contributed by atoms with E-state index < -0.39 is 11.9 Å². The summed E-state index contributed by atoms with van der Waals surface area (Å²) in [5.41, 5.74) is 1.59. The Morgan fingerprint density at radius 1 is 1.24 bits per heavy atom. The van der Waals surface area contributed by atoms with Crippen LogP contribution in [0.2, 0.25) is 0 Å². The van der Waals surface area contributed by atoms with Gasteiger partial charge in [-0.15, -0.1) is 0 Å². The lowest BCUT2D eigenvalue weighted by Crippen LogP contribution is -2.19. The van der Waals surface area contributed by atoms with Crippen LogP contribution in [-0.2, 0) is 19.1 Å². The number of methoxy groups -OCH3 is 1. The minimum Gasteiger partial charge on any atom is -0.463 e. The molecule has 88 valence electrons. The van der Waals surface area contributed by atoms with Gasteiger partial charge < -0.3 is 9.47 Å². The van der Waals surface area contributed by atoms with E-state index in [9.17, 15) is 9.59 Å². The molecule has 4 nitrogen and oxygen atoms in total. The first-order chi connectivity index (χ1) is 8.22. The van der Waals surface area contributed by atoms with Gasteiger partial charge in [0.1, 0.15) is 0 Å². The molecule has 4 heteroatoms. The smallest absolute Gasteiger partial charge is 0.374 e. The summed E-state index contributed by atoms with van der Waals surface area (Å²) in [4.78, 5) is 22.7. The van der Waals surface area contributed by atoms with Crippen molar-refractivity contribution in [2.75, 3.05) is 7.11 Å². The summed E-state index contributed by atoms with van der Waals surface area (Å²) in [6.07, 6.45) is 0.776. The second-order valence-electron chi connectivity index (χ2n) is 3.64. The van der Waals surface area contributed by atoms with Crippen LogP contribution in [0.1, 0.15) is 18.4 Å². The number of cyclic esters (lactones) is 1. The van der Waals surface area contributed by atoms with Crippen molar-refractivity contribution < 1.29 is 19.1 Å². The molecule has 0 atom stereocenters. The SMILES string of the molecule is COC(=O)C1=C(c2ccccc2)CCC(=O)O1. The van der Waals surface area contributed by atoms with Crippen molar-refractivity contribution >= 4 is 17.5 Å². The second-order valence-corrected chi connectivity index (χ2v) is 3.64. The molecule has 0 aliphatic carbocycles. The van der Waals surface area contributed by atoms with Gasteiger partial charge in [-0.1, -0.05) is 30.3 Å². The van der Waals surface area contributed by atoms with E-state index >= 15 is 0 Å². The molecule has 0 unspecified atom stereocenters. The van der Waals surface area contributed by atoms with Crippen LogP contribution in [0.4, 0.5) is 0 Å². The van der Waals surface area contributed by atoms with Crippen molar-refractivity contribution in [3.8, 4) is 0 Å². The zero-order valence-corrected chi connectivity index (χ0v) is 9.43. The molecule has 0 spiro atoms. The zero-order chi connectivity index (χ0) is 12.3. The zero-order valence-electron chi connectivity index (χ0n) is 9.43. The molecule has 1 aromatic carbocycles. The molecule has 0 saturated heterocycles. The quantitative estimate of drug-likeness (QED) is 0.731. The van der Waals surface area contributed by atoms with Crippen LogP contribution in [0.3, 0.4) is 0 Å². The van der Waals surface area contributed by atoms with Gasteiger partial charge in [0.15, 0.2) is 0 Å². The van der Waals surface area contributed by atoms with Crippen molar-refractivity contribution in [2.45, 2.75) is 12.8 Å². The predicted molar refractivity (Wildman–Crippen MR) is 60.7 cm³/mol. The molecule has 0 N–H and O–H groups in total. The Morgan fingerprint density at radius 2 is 1.94 bits per heavy atom. The standard InChI is InChI=1S/C13H12O4/c1-16-13(15)12-10(7-8-11(14)17-12)9-5-3-2-4-6-9/h2-6H,7-8H2,1H3. The minimum atomic E-state index is -0.614. The summed E-state index contributed by atoms with van der Waals surface area (Å²) in [5, 5.41) is 0. The fraction of sp³-hybridized carbons (Fsp3) is 0.231. The van der Waals surface area contributed by atoms with Crippen molar-refractivity contribution in [1.29, 1.82) is 0 Å². The van der Waals surface area contributed by atoms with Gasteiger partial charge in [0, 0.05) is 5.57 Å². The normalized spacial score (nSPS) is 15.5. The lowest BCUT2D eigenvalue weighted by atomic mass is 9.98. The molecule has 1 aliphatic heterocycles. The number of allylic oxidation sites excluding steroid dienone is 1. The average Bonchev–Trinajstić information content (AvgIpc) is 2.38. The highest BCUT2D eigenvalue weighted by molar-refractivity contribution is 5.99. The van der Waals surface area contributed by atoms with E-state index in [0.29, 0.717) is 6.42 Å². The summed E-state index contributed by atoms with van der Waals surface area (Å²) in [5.74, 6) is -1.00. The van der Waals surface area contributed by atoms with Gasteiger partial charge >= 0.3 is 11.9 Å². The summed E-state index contributed by atoms with van der Waals surface area (Å²) in [6, 6.07) is 9.37. The van der Waals surface area contributed by atoms with E-state index in [1.807, 2.05) is 30.3 Å². The lowest BCUT2D eigenvalue weighted by molar-refractivity contribution is -0.150. The van der Waals surface area contributed by atoms with E-state index in [1.165, 1.54) is 7.11 Å². The van der Waals surface area contributed by atoms with Crippen LogP contribution >= 0.6 is 0 Å². The highest BCUT2D eigenvalue weighted by atomic mass is 16.6. The molecular formula is C13H12O4. The van der Waals surface area contributed by atoms with Crippen LogP contribution < -0.4 is 0 Å². The molecule has 0 fully saturated rings. The molecular weight excluding hydrogens is 220 g/mol. The second kappa shape index (κ2) is 4.82. The number of ether oxygens (including phenoxy) is 2. The minimum absolute atomic E-state index is 0.00921. The molecule has 1 aliphatic rings. The first-order valence-electron chi connectivity index (χ1n) is 5.30. The molecule has 1 heterocycles. The lowest BCUT2D eigenvalue weighted by Gasteiger charge is -2.18. The first-order valence-corrected chi connectivity index (χ1v) is 5.30. The van der Waals surface area contributed by atoms with E-state index in [1.54, 1.807) is 0 Å². The topological polar surface area (TPSA) is 52.6 Å². The molecule has 0 bridgehead atoms. The summed E-state index contributed by atoms with van der Waals surface area (Å²) >= 11 is 0. The maximum Gasteiger partial charge on any atom is 0.374 e. The fourth-order valence-electron chi connectivity index (χ4n) is 1.74. The van der Waals surface area contributed by atoms with Crippen molar-refractivity contribution in [1.82, 2.24) is 0 Å². The molecule has 0 amide bonds.